The van der Waals surface area contributed by atoms with Gasteiger partial charge in [0.2, 0.25) is 5.95 Å². The monoisotopic (exact) mass is 246 g/mol. The zero-order chi connectivity index (χ0) is 11.8. The second kappa shape index (κ2) is 3.89. The van der Waals surface area contributed by atoms with Crippen LogP contribution in [0.5, 0.6) is 0 Å². The molecule has 1 aromatic carbocycles. The molecular weight excluding hydrogens is 236 g/mol. The zero-order valence-corrected chi connectivity index (χ0v) is 10.0. The van der Waals surface area contributed by atoms with E-state index in [2.05, 4.69) is 21.5 Å². The van der Waals surface area contributed by atoms with Gasteiger partial charge in [-0.05, 0) is 30.7 Å². The standard InChI is InChI=1S/C12H11ClN4/c1-8-6-11(9-2-4-10(13)5-3-9)17-12(16-8)14-7-15-17/h2-7,11H,1H3,(H,14,15,16)/t11-/m0/s1. The summed E-state index contributed by atoms with van der Waals surface area (Å²) in [6, 6.07) is 7.87. The number of hydrogen-bond donors (Lipinski definition) is 1. The lowest BCUT2D eigenvalue weighted by Crippen LogP contribution is -2.19. The lowest BCUT2D eigenvalue weighted by atomic mass is 10.1. The predicted molar refractivity (Wildman–Crippen MR) is 67.0 cm³/mol. The fraction of sp³-hybridized carbons (Fsp3) is 0.167. The van der Waals surface area contributed by atoms with Crippen LogP contribution in [0.3, 0.4) is 0 Å². The summed E-state index contributed by atoms with van der Waals surface area (Å²) in [6.45, 7) is 2.01. The largest absolute Gasteiger partial charge is 0.329 e. The predicted octanol–water partition coefficient (Wildman–Crippen LogP) is 2.85. The topological polar surface area (TPSA) is 42.7 Å². The molecule has 1 atom stereocenters. The minimum absolute atomic E-state index is 0.0750. The van der Waals surface area contributed by atoms with Crippen molar-refractivity contribution in [2.45, 2.75) is 13.0 Å². The highest BCUT2D eigenvalue weighted by molar-refractivity contribution is 6.30. The lowest BCUT2D eigenvalue weighted by Gasteiger charge is -2.22. The first kappa shape index (κ1) is 10.4. The van der Waals surface area contributed by atoms with Crippen LogP contribution in [0.1, 0.15) is 18.5 Å². The molecule has 1 aromatic heterocycles. The molecule has 5 heteroatoms. The van der Waals surface area contributed by atoms with Gasteiger partial charge in [0.15, 0.2) is 0 Å². The molecule has 1 N–H and O–H groups in total. The minimum atomic E-state index is 0.0750. The molecule has 3 rings (SSSR count). The van der Waals surface area contributed by atoms with Crippen molar-refractivity contribution in [1.29, 1.82) is 0 Å². The van der Waals surface area contributed by atoms with Gasteiger partial charge >= 0.3 is 0 Å². The van der Waals surface area contributed by atoms with E-state index >= 15 is 0 Å². The first-order valence-electron chi connectivity index (χ1n) is 5.34. The number of nitrogens with one attached hydrogen (secondary N) is 1. The molecule has 17 heavy (non-hydrogen) atoms. The molecule has 0 saturated carbocycles. The van der Waals surface area contributed by atoms with E-state index in [1.807, 2.05) is 35.9 Å². The van der Waals surface area contributed by atoms with E-state index in [9.17, 15) is 0 Å². The highest BCUT2D eigenvalue weighted by Gasteiger charge is 2.20. The van der Waals surface area contributed by atoms with Crippen LogP contribution < -0.4 is 5.32 Å². The van der Waals surface area contributed by atoms with Crippen molar-refractivity contribution in [1.82, 2.24) is 14.8 Å². The van der Waals surface area contributed by atoms with Crippen molar-refractivity contribution in [3.8, 4) is 0 Å². The molecule has 1 aliphatic rings. The van der Waals surface area contributed by atoms with Gasteiger partial charge in [-0.25, -0.2) is 4.68 Å². The highest BCUT2D eigenvalue weighted by atomic mass is 35.5. The molecule has 0 saturated heterocycles. The molecule has 2 aromatic rings. The van der Waals surface area contributed by atoms with Crippen molar-refractivity contribution < 1.29 is 0 Å². The van der Waals surface area contributed by atoms with Crippen LogP contribution in [0.2, 0.25) is 5.02 Å². The van der Waals surface area contributed by atoms with Gasteiger partial charge in [-0.3, -0.25) is 0 Å². The Bertz CT molecular complexity index is 570. The van der Waals surface area contributed by atoms with Crippen LogP contribution in [0, 0.1) is 0 Å². The molecule has 0 fully saturated rings. The summed E-state index contributed by atoms with van der Waals surface area (Å²) in [4.78, 5) is 4.17. The van der Waals surface area contributed by atoms with Gasteiger partial charge in [0.25, 0.3) is 0 Å². The van der Waals surface area contributed by atoms with Crippen LogP contribution in [-0.2, 0) is 0 Å². The van der Waals surface area contributed by atoms with Crippen molar-refractivity contribution >= 4 is 17.5 Å². The summed E-state index contributed by atoms with van der Waals surface area (Å²) in [5, 5.41) is 8.15. The summed E-state index contributed by atoms with van der Waals surface area (Å²) in [5.74, 6) is 0.768. The van der Waals surface area contributed by atoms with Crippen LogP contribution in [0.15, 0.2) is 42.4 Å². The van der Waals surface area contributed by atoms with Gasteiger partial charge in [0.05, 0.1) is 0 Å². The van der Waals surface area contributed by atoms with Crippen LogP contribution in [-0.4, -0.2) is 14.8 Å². The summed E-state index contributed by atoms with van der Waals surface area (Å²) < 4.78 is 1.86. The van der Waals surface area contributed by atoms with Gasteiger partial charge in [-0.2, -0.15) is 10.1 Å². The number of allylic oxidation sites excluding steroid dienone is 2. The third-order valence-electron chi connectivity index (χ3n) is 2.76. The average molecular weight is 247 g/mol. The van der Waals surface area contributed by atoms with E-state index in [-0.39, 0.29) is 6.04 Å². The Morgan fingerprint density at radius 3 is 2.82 bits per heavy atom. The van der Waals surface area contributed by atoms with E-state index in [0.717, 1.165) is 22.2 Å². The van der Waals surface area contributed by atoms with Crippen molar-refractivity contribution in [2.24, 2.45) is 0 Å². The summed E-state index contributed by atoms with van der Waals surface area (Å²) >= 11 is 5.90. The fourth-order valence-corrected chi connectivity index (χ4v) is 2.09. The SMILES string of the molecule is CC1=C[C@@H](c2ccc(Cl)cc2)n2ncnc2N1. The molecule has 0 bridgehead atoms. The molecule has 86 valence electrons. The van der Waals surface area contributed by atoms with Crippen molar-refractivity contribution in [2.75, 3.05) is 5.32 Å². The van der Waals surface area contributed by atoms with E-state index in [1.54, 1.807) is 6.33 Å². The smallest absolute Gasteiger partial charge is 0.226 e. The molecular formula is C12H11ClN4. The number of rotatable bonds is 1. The maximum absolute atomic E-state index is 5.90. The summed E-state index contributed by atoms with van der Waals surface area (Å²) in [7, 11) is 0. The fourth-order valence-electron chi connectivity index (χ4n) is 1.97. The molecule has 0 radical (unpaired) electrons. The number of anilines is 1. The van der Waals surface area contributed by atoms with E-state index in [0.29, 0.717) is 0 Å². The number of hydrogen-bond acceptors (Lipinski definition) is 3. The Hall–Kier alpha value is -1.81. The van der Waals surface area contributed by atoms with Gasteiger partial charge in [0, 0.05) is 10.7 Å². The molecule has 1 aliphatic heterocycles. The number of halogens is 1. The van der Waals surface area contributed by atoms with Crippen LogP contribution in [0.4, 0.5) is 5.95 Å². The Kier molecular flexibility index (Phi) is 2.37. The maximum atomic E-state index is 5.90. The first-order chi connectivity index (χ1) is 8.24. The third kappa shape index (κ3) is 1.80. The second-order valence-corrected chi connectivity index (χ2v) is 4.44. The van der Waals surface area contributed by atoms with Gasteiger partial charge in [-0.15, -0.1) is 0 Å². The molecule has 0 unspecified atom stereocenters. The highest BCUT2D eigenvalue weighted by Crippen LogP contribution is 2.28. The molecule has 2 heterocycles. The van der Waals surface area contributed by atoms with Crippen molar-refractivity contribution in [3.63, 3.8) is 0 Å². The average Bonchev–Trinajstić information content (AvgIpc) is 2.77. The van der Waals surface area contributed by atoms with E-state index < -0.39 is 0 Å². The Labute approximate surface area is 104 Å². The quantitative estimate of drug-likeness (QED) is 0.841. The summed E-state index contributed by atoms with van der Waals surface area (Å²) in [6.07, 6.45) is 3.67. The van der Waals surface area contributed by atoms with E-state index in [1.165, 1.54) is 0 Å². The Morgan fingerprint density at radius 1 is 1.29 bits per heavy atom. The number of aromatic nitrogens is 3. The zero-order valence-electron chi connectivity index (χ0n) is 9.26. The molecule has 0 spiro atoms. The van der Waals surface area contributed by atoms with Gasteiger partial charge < -0.3 is 5.32 Å². The van der Waals surface area contributed by atoms with Crippen LogP contribution in [0.25, 0.3) is 0 Å². The normalized spacial score (nSPS) is 18.2. The molecule has 0 amide bonds. The molecule has 4 nitrogen and oxygen atoms in total. The lowest BCUT2D eigenvalue weighted by molar-refractivity contribution is 0.603. The van der Waals surface area contributed by atoms with Gasteiger partial charge in [-0.1, -0.05) is 23.7 Å². The number of benzene rings is 1. The first-order valence-corrected chi connectivity index (χ1v) is 5.72. The Morgan fingerprint density at radius 2 is 2.06 bits per heavy atom. The number of nitrogens with zero attached hydrogens (tertiary/aromatic N) is 3. The van der Waals surface area contributed by atoms with Gasteiger partial charge in [0.1, 0.15) is 12.4 Å². The number of fused-ring (bicyclic) bond motifs is 1. The second-order valence-electron chi connectivity index (χ2n) is 4.00. The van der Waals surface area contributed by atoms with Crippen LogP contribution >= 0.6 is 11.6 Å². The third-order valence-corrected chi connectivity index (χ3v) is 3.02. The van der Waals surface area contributed by atoms with E-state index in [4.69, 9.17) is 11.6 Å². The summed E-state index contributed by atoms with van der Waals surface area (Å²) in [5.41, 5.74) is 2.22. The Balaban J connectivity index is 2.07. The molecule has 0 aliphatic carbocycles. The van der Waals surface area contributed by atoms with Crippen molar-refractivity contribution in [3.05, 3.63) is 53.0 Å². The minimum Gasteiger partial charge on any atom is -0.329 e. The maximum Gasteiger partial charge on any atom is 0.226 e.